The van der Waals surface area contributed by atoms with E-state index in [9.17, 15) is 19.2 Å². The summed E-state index contributed by atoms with van der Waals surface area (Å²) in [6, 6.07) is 10.5. The van der Waals surface area contributed by atoms with Crippen molar-refractivity contribution >= 4 is 88.0 Å². The topological polar surface area (TPSA) is 262 Å². The van der Waals surface area contributed by atoms with Crippen LogP contribution in [0.2, 0.25) is 15.9 Å². The largest absolute Gasteiger partial charge is 0.444 e. The third-order valence-corrected chi connectivity index (χ3v) is 10.4. The Morgan fingerprint density at radius 2 is 1.13 bits per heavy atom. The molecule has 0 spiro atoms. The van der Waals surface area contributed by atoms with Crippen molar-refractivity contribution in [3.05, 3.63) is 74.5 Å². The maximum atomic E-state index is 12.5. The zero-order chi connectivity index (χ0) is 49.8. The van der Waals surface area contributed by atoms with Gasteiger partial charge in [0.25, 0.3) is 0 Å². The maximum absolute atomic E-state index is 12.5. The van der Waals surface area contributed by atoms with Gasteiger partial charge in [-0.1, -0.05) is 26.5 Å². The number of aromatic nitrogens is 6. The van der Waals surface area contributed by atoms with Crippen LogP contribution in [-0.2, 0) is 9.47 Å². The van der Waals surface area contributed by atoms with Crippen molar-refractivity contribution in [1.29, 1.82) is 0 Å². The van der Waals surface area contributed by atoms with Crippen LogP contribution in [0.5, 0.6) is 0 Å². The number of nitrogens with two attached hydrogens (primary N) is 2. The van der Waals surface area contributed by atoms with Gasteiger partial charge in [0.15, 0.2) is 0 Å². The number of amides is 4. The number of primary amides is 2. The predicted molar refractivity (Wildman–Crippen MR) is 266 cm³/mol. The number of hydrogen-bond acceptors (Lipinski definition) is 16. The Kier molecular flexibility index (Phi) is 20.7. The summed E-state index contributed by atoms with van der Waals surface area (Å²) >= 11 is 17.6. The number of likely N-dealkylation sites (tertiary alicyclic amines) is 2. The number of nitrogens with zero attached hydrogens (tertiary/aromatic N) is 9. The minimum Gasteiger partial charge on any atom is -0.444 e. The van der Waals surface area contributed by atoms with Crippen LogP contribution >= 0.6 is 34.8 Å². The van der Waals surface area contributed by atoms with Crippen LogP contribution in [0.1, 0.15) is 108 Å². The van der Waals surface area contributed by atoms with E-state index in [0.717, 1.165) is 43.6 Å². The van der Waals surface area contributed by atoms with Crippen LogP contribution in [0.25, 0.3) is 0 Å². The second-order valence-electron chi connectivity index (χ2n) is 17.6. The maximum Gasteiger partial charge on any atom is 0.410 e. The molecule has 0 saturated carbocycles. The first kappa shape index (κ1) is 56.5. The molecule has 0 unspecified atom stereocenters. The van der Waals surface area contributed by atoms with Gasteiger partial charge in [0.05, 0.1) is 6.04 Å². The van der Waals surface area contributed by atoms with E-state index in [0.29, 0.717) is 54.1 Å². The minimum atomic E-state index is -0.550. The molecule has 68 heavy (non-hydrogen) atoms. The molecule has 23 heteroatoms. The summed E-state index contributed by atoms with van der Waals surface area (Å²) in [4.78, 5) is 76.7. The number of ether oxygens (including phenoxy) is 2. The van der Waals surface area contributed by atoms with Crippen LogP contribution in [0, 0.1) is 13.8 Å². The Labute approximate surface area is 413 Å². The molecule has 0 bridgehead atoms. The normalized spacial score (nSPS) is 15.4. The lowest BCUT2D eigenvalue weighted by atomic mass is 10.1. The summed E-state index contributed by atoms with van der Waals surface area (Å²) in [6.45, 7) is 23.2. The fourth-order valence-electron chi connectivity index (χ4n) is 6.73. The predicted octanol–water partition coefficient (Wildman–Crippen LogP) is 8.08. The smallest absolute Gasteiger partial charge is 0.410 e. The molecule has 2 aromatic heterocycles. The van der Waals surface area contributed by atoms with Crippen molar-refractivity contribution in [3.63, 3.8) is 0 Å². The molecule has 0 aliphatic carbocycles. The summed E-state index contributed by atoms with van der Waals surface area (Å²) in [5.74, 6) is -0.209. The van der Waals surface area contributed by atoms with Gasteiger partial charge in [-0.2, -0.15) is 29.9 Å². The van der Waals surface area contributed by atoms with E-state index in [1.54, 1.807) is 46.2 Å². The molecule has 2 aromatic carbocycles. The van der Waals surface area contributed by atoms with Crippen LogP contribution in [0.15, 0.2) is 36.4 Å². The molecule has 0 radical (unpaired) electrons. The lowest BCUT2D eigenvalue weighted by Gasteiger charge is -2.29. The van der Waals surface area contributed by atoms with Crippen LogP contribution < -0.4 is 32.3 Å². The van der Waals surface area contributed by atoms with E-state index < -0.39 is 23.0 Å². The molecule has 6 rings (SSSR count). The zero-order valence-corrected chi connectivity index (χ0v) is 41.8. The van der Waals surface area contributed by atoms with Gasteiger partial charge in [-0.25, -0.2) is 9.59 Å². The van der Waals surface area contributed by atoms with Gasteiger partial charge in [0.1, 0.15) is 11.2 Å². The van der Waals surface area contributed by atoms with Crippen molar-refractivity contribution in [2.24, 2.45) is 11.5 Å². The Hall–Kier alpha value is -5.83. The highest BCUT2D eigenvalue weighted by atomic mass is 35.5. The lowest BCUT2D eigenvalue weighted by molar-refractivity contribution is 0.0281. The molecule has 2 aliphatic heterocycles. The van der Waals surface area contributed by atoms with Gasteiger partial charge < -0.3 is 51.6 Å². The summed E-state index contributed by atoms with van der Waals surface area (Å²) in [6.07, 6.45) is 1.25. The monoisotopic (exact) mass is 1000 g/mol. The summed E-state index contributed by atoms with van der Waals surface area (Å²) in [7, 11) is 0. The van der Waals surface area contributed by atoms with Gasteiger partial charge >= 0.3 is 12.2 Å². The average molecular weight is 1000 g/mol. The molecule has 2 fully saturated rings. The highest BCUT2D eigenvalue weighted by Gasteiger charge is 2.34. The molecule has 2 saturated heterocycles. The number of rotatable bonds is 11. The van der Waals surface area contributed by atoms with Crippen LogP contribution in [-0.4, -0.2) is 126 Å². The van der Waals surface area contributed by atoms with Gasteiger partial charge in [-0.3, -0.25) is 9.59 Å². The van der Waals surface area contributed by atoms with Crippen LogP contribution in [0.4, 0.5) is 38.8 Å². The van der Waals surface area contributed by atoms with Crippen molar-refractivity contribution in [2.45, 2.75) is 113 Å². The van der Waals surface area contributed by atoms with Gasteiger partial charge in [0.2, 0.25) is 45.5 Å². The third-order valence-electron chi connectivity index (χ3n) is 9.90. The minimum absolute atomic E-state index is 0. The Bertz CT molecular complexity index is 2360. The molecular weight excluding hydrogens is 939 g/mol. The lowest BCUT2D eigenvalue weighted by Crippen LogP contribution is -2.41. The third kappa shape index (κ3) is 17.7. The Morgan fingerprint density at radius 1 is 0.691 bits per heavy atom. The number of hydrogen-bond donors (Lipinski definition) is 5. The van der Waals surface area contributed by atoms with E-state index >= 15 is 0 Å². The fraction of sp³-hybridized carbons (Fsp3) is 0.511. The number of anilines is 5. The average Bonchev–Trinajstić information content (AvgIpc) is 3.90. The van der Waals surface area contributed by atoms with E-state index in [1.165, 1.54) is 0 Å². The standard InChI is InChI=1S/C22H30ClN7O3.C11H9Cl2N5O.C11H22N2O2.CH4/c1-6-30(15-9-10-29(12-15)21(32)33-22(3,4)5)20-27-18(23)26-19(28-20)25-16-11-14(17(24)31)8-7-13(16)2;1-5-2-3-6(8(14)19)4-7(5)15-11-17-9(12)16-10(13)18-11;1-5-12-9-6-7-13(8-9)10(14)15-11(2,3)4;/h7-8,11,15H,6,9-10,12H2,1-5H3,(H2,24,31)(H,25,26,27,28);2-4H,1H3,(H2,14,19)(H,15,16,17,18);9,12H,5-8H2,1-4H3;1H4/t15-;;9-;/m1.1./s1. The number of nitrogens with one attached hydrogen (secondary N) is 3. The highest BCUT2D eigenvalue weighted by molar-refractivity contribution is 6.31. The number of likely N-dealkylation sites (N-methyl/N-ethyl adjacent to an activating group) is 2. The molecule has 372 valence electrons. The molecule has 4 aromatic rings. The van der Waals surface area contributed by atoms with E-state index in [4.69, 9.17) is 55.7 Å². The van der Waals surface area contributed by atoms with E-state index in [2.05, 4.69) is 52.8 Å². The SMILES string of the molecule is C.CCN(c1nc(Cl)nc(Nc2cc(C(N)=O)ccc2C)n1)[C@@H]1CCN(C(=O)OC(C)(C)C)C1.CCN[C@@H]1CCN(C(=O)OC(C)(C)C)C1.Cc1ccc(C(N)=O)cc1Nc1nc(Cl)nc(Cl)n1. The molecule has 2 aliphatic rings. The van der Waals surface area contributed by atoms with Crippen molar-refractivity contribution < 1.29 is 28.7 Å². The molecule has 20 nitrogen and oxygen atoms in total. The van der Waals surface area contributed by atoms with Gasteiger partial charge in [-0.15, -0.1) is 0 Å². The number of carbonyl (C=O) groups is 4. The van der Waals surface area contributed by atoms with Gasteiger partial charge in [-0.05, 0) is 152 Å². The molecule has 2 atom stereocenters. The van der Waals surface area contributed by atoms with Gasteiger partial charge in [0, 0.05) is 61.3 Å². The highest BCUT2D eigenvalue weighted by Crippen LogP contribution is 2.27. The van der Waals surface area contributed by atoms with Crippen molar-refractivity contribution in [2.75, 3.05) is 54.8 Å². The first-order valence-electron chi connectivity index (χ1n) is 21.6. The summed E-state index contributed by atoms with van der Waals surface area (Å²) in [5, 5.41) is 9.35. The number of aryl methyl sites for hydroxylation is 2. The van der Waals surface area contributed by atoms with E-state index in [-0.39, 0.29) is 53.4 Å². The quantitative estimate of drug-likeness (QED) is 0.0951. The summed E-state index contributed by atoms with van der Waals surface area (Å²) < 4.78 is 10.8. The number of benzene rings is 2. The number of carbonyl (C=O) groups excluding carboxylic acids is 4. The zero-order valence-electron chi connectivity index (χ0n) is 39.5. The van der Waals surface area contributed by atoms with Crippen LogP contribution in [0.3, 0.4) is 0 Å². The molecular formula is C45H65Cl3N14O6. The van der Waals surface area contributed by atoms with Crippen molar-refractivity contribution in [3.8, 4) is 0 Å². The Balaban J connectivity index is 0.000000296. The second-order valence-corrected chi connectivity index (χ2v) is 18.6. The molecule has 7 N–H and O–H groups in total. The molecule has 4 heterocycles. The Morgan fingerprint density at radius 3 is 1.57 bits per heavy atom. The first-order valence-corrected chi connectivity index (χ1v) is 22.8. The van der Waals surface area contributed by atoms with Crippen molar-refractivity contribution in [1.82, 2.24) is 45.0 Å². The fourth-order valence-corrected chi connectivity index (χ4v) is 7.25. The summed E-state index contributed by atoms with van der Waals surface area (Å²) in [5.41, 5.74) is 13.5. The number of halogens is 3. The van der Waals surface area contributed by atoms with E-state index in [1.807, 2.05) is 67.2 Å². The molecule has 4 amide bonds. The first-order chi connectivity index (χ1) is 31.3. The second kappa shape index (κ2) is 25.0.